The largest absolute Gasteiger partial charge is 0.223 e. The number of hydrogen-bond donors (Lipinski definition) is 0. The van der Waals surface area contributed by atoms with Gasteiger partial charge in [0.25, 0.3) is 0 Å². The lowest BCUT2D eigenvalue weighted by molar-refractivity contribution is 0.586. The Kier molecular flexibility index (Phi) is 2.55. The smallest absolute Gasteiger partial charge is 0.208 e. The lowest BCUT2D eigenvalue weighted by Crippen LogP contribution is -2.05. The van der Waals surface area contributed by atoms with Crippen LogP contribution in [-0.2, 0) is 25.4 Å². The van der Waals surface area contributed by atoms with Crippen molar-refractivity contribution in [3.8, 4) is 0 Å². The van der Waals surface area contributed by atoms with Gasteiger partial charge in [-0.1, -0.05) is 30.3 Å². The highest BCUT2D eigenvalue weighted by Crippen LogP contribution is 2.35. The van der Waals surface area contributed by atoms with Gasteiger partial charge in [0.15, 0.2) is 9.84 Å². The molecule has 0 atom stereocenters. The van der Waals surface area contributed by atoms with E-state index in [0.29, 0.717) is 5.56 Å². The topological polar surface area (TPSA) is 68.3 Å². The van der Waals surface area contributed by atoms with E-state index in [9.17, 15) is 16.8 Å². The molecule has 0 saturated carbocycles. The van der Waals surface area contributed by atoms with Crippen molar-refractivity contribution in [2.75, 3.05) is 0 Å². The van der Waals surface area contributed by atoms with Gasteiger partial charge in [0, 0.05) is 0 Å². The van der Waals surface area contributed by atoms with Gasteiger partial charge in [0.1, 0.15) is 0 Å². The van der Waals surface area contributed by atoms with E-state index in [4.69, 9.17) is 0 Å². The molecule has 0 spiro atoms. The predicted molar refractivity (Wildman–Crippen MR) is 69.2 cm³/mol. The van der Waals surface area contributed by atoms with Crippen LogP contribution in [0.15, 0.2) is 63.2 Å². The number of rotatable bonds is 0. The molecule has 0 bridgehead atoms. The van der Waals surface area contributed by atoms with Crippen molar-refractivity contribution in [2.45, 2.75) is 20.4 Å². The summed E-state index contributed by atoms with van der Waals surface area (Å²) in [6, 6.07) is 12.0. The minimum atomic E-state index is -3.79. The molecule has 2 aromatic rings. The summed E-state index contributed by atoms with van der Waals surface area (Å²) in [7, 11) is -7.43. The third-order valence-corrected chi connectivity index (χ3v) is 6.84. The quantitative estimate of drug-likeness (QED) is 0.743. The highest BCUT2D eigenvalue weighted by molar-refractivity contribution is 7.94. The summed E-state index contributed by atoms with van der Waals surface area (Å²) < 4.78 is 49.6. The van der Waals surface area contributed by atoms with Crippen molar-refractivity contribution in [2.24, 2.45) is 0 Å². The normalized spacial score (nSPS) is 18.9. The molecule has 1 aliphatic rings. The molecule has 0 amide bonds. The average molecular weight is 294 g/mol. The van der Waals surface area contributed by atoms with Crippen molar-refractivity contribution in [1.82, 2.24) is 0 Å². The van der Waals surface area contributed by atoms with Crippen LogP contribution < -0.4 is 0 Å². The second-order valence-corrected chi connectivity index (χ2v) is 8.16. The van der Waals surface area contributed by atoms with Crippen molar-refractivity contribution in [1.29, 1.82) is 0 Å². The molecule has 98 valence electrons. The molecular formula is C13H10O4S2. The van der Waals surface area contributed by atoms with Crippen LogP contribution in [0.3, 0.4) is 0 Å². The minimum Gasteiger partial charge on any atom is -0.223 e. The van der Waals surface area contributed by atoms with Crippen LogP contribution in [0.5, 0.6) is 0 Å². The van der Waals surface area contributed by atoms with Crippen molar-refractivity contribution >= 4 is 19.7 Å². The van der Waals surface area contributed by atoms with Crippen LogP contribution in [0.25, 0.3) is 0 Å². The second-order valence-electron chi connectivity index (χ2n) is 4.32. The van der Waals surface area contributed by atoms with E-state index >= 15 is 0 Å². The summed E-state index contributed by atoms with van der Waals surface area (Å²) in [6.07, 6.45) is 0. The van der Waals surface area contributed by atoms with Crippen molar-refractivity contribution in [3.05, 3.63) is 54.1 Å². The second kappa shape index (κ2) is 3.91. The first kappa shape index (κ1) is 12.4. The van der Waals surface area contributed by atoms with Crippen LogP contribution in [0.4, 0.5) is 0 Å². The molecule has 4 nitrogen and oxygen atoms in total. The maximum absolute atomic E-state index is 12.5. The van der Waals surface area contributed by atoms with Crippen LogP contribution >= 0.6 is 0 Å². The highest BCUT2D eigenvalue weighted by Gasteiger charge is 2.33. The van der Waals surface area contributed by atoms with Gasteiger partial charge in [-0.05, 0) is 23.8 Å². The number of hydrogen-bond acceptors (Lipinski definition) is 4. The Morgan fingerprint density at radius 3 is 1.89 bits per heavy atom. The maximum atomic E-state index is 12.5. The summed E-state index contributed by atoms with van der Waals surface area (Å²) in [5.74, 6) is -0.292. The molecule has 0 N–H and O–H groups in total. The molecular weight excluding hydrogens is 284 g/mol. The highest BCUT2D eigenvalue weighted by atomic mass is 32.2. The SMILES string of the molecule is O=S1(=O)Cc2ccccc2S(=O)(=O)c2ccccc21. The van der Waals surface area contributed by atoms with E-state index < -0.39 is 19.7 Å². The molecule has 0 radical (unpaired) electrons. The molecule has 1 aliphatic heterocycles. The molecule has 19 heavy (non-hydrogen) atoms. The summed E-state index contributed by atoms with van der Waals surface area (Å²) >= 11 is 0. The zero-order chi connectivity index (χ0) is 13.7. The standard InChI is InChI=1S/C13H10O4S2/c14-18(15)9-10-5-1-2-6-11(10)19(16,17)13-8-4-3-7-12(13)18/h1-8H,9H2. The van der Waals surface area contributed by atoms with Gasteiger partial charge in [-0.3, -0.25) is 0 Å². The van der Waals surface area contributed by atoms with E-state index in [1.165, 1.54) is 36.4 Å². The van der Waals surface area contributed by atoms with E-state index in [-0.39, 0.29) is 20.4 Å². The van der Waals surface area contributed by atoms with Crippen LogP contribution in [0.1, 0.15) is 5.56 Å². The molecule has 0 aromatic heterocycles. The Morgan fingerprint density at radius 1 is 0.684 bits per heavy atom. The summed E-state index contributed by atoms with van der Waals surface area (Å²) in [6.45, 7) is 0. The first-order valence-electron chi connectivity index (χ1n) is 5.58. The zero-order valence-electron chi connectivity index (χ0n) is 9.78. The monoisotopic (exact) mass is 294 g/mol. The Bertz CT molecular complexity index is 865. The molecule has 0 unspecified atom stereocenters. The fraction of sp³-hybridized carbons (Fsp3) is 0.0769. The van der Waals surface area contributed by atoms with Gasteiger partial charge in [-0.15, -0.1) is 0 Å². The summed E-state index contributed by atoms with van der Waals surface area (Å²) in [5.41, 5.74) is 0.318. The Labute approximate surface area is 111 Å². The van der Waals surface area contributed by atoms with E-state index in [2.05, 4.69) is 0 Å². The first-order chi connectivity index (χ1) is 8.93. The minimum absolute atomic E-state index is 0.0727. The van der Waals surface area contributed by atoms with E-state index in [0.717, 1.165) is 0 Å². The van der Waals surface area contributed by atoms with Crippen molar-refractivity contribution < 1.29 is 16.8 Å². The lowest BCUT2D eigenvalue weighted by atomic mass is 10.2. The predicted octanol–water partition coefficient (Wildman–Crippen LogP) is 1.81. The molecule has 0 saturated heterocycles. The molecule has 6 heteroatoms. The van der Waals surface area contributed by atoms with Gasteiger partial charge in [-0.25, -0.2) is 16.8 Å². The Balaban J connectivity index is 2.51. The Morgan fingerprint density at radius 2 is 1.21 bits per heavy atom. The van der Waals surface area contributed by atoms with Crippen LogP contribution in [0, 0.1) is 0 Å². The third kappa shape index (κ3) is 1.79. The molecule has 1 heterocycles. The van der Waals surface area contributed by atoms with Gasteiger partial charge >= 0.3 is 0 Å². The fourth-order valence-corrected chi connectivity index (χ4v) is 6.06. The van der Waals surface area contributed by atoms with Gasteiger partial charge in [0.2, 0.25) is 9.84 Å². The summed E-state index contributed by atoms with van der Waals surface area (Å²) in [5, 5.41) is 0. The number of sulfone groups is 2. The molecule has 3 rings (SSSR count). The molecule has 0 fully saturated rings. The Hall–Kier alpha value is -1.66. The summed E-state index contributed by atoms with van der Waals surface area (Å²) in [4.78, 5) is -0.185. The zero-order valence-corrected chi connectivity index (χ0v) is 11.4. The average Bonchev–Trinajstić information content (AvgIpc) is 2.44. The number of benzene rings is 2. The van der Waals surface area contributed by atoms with Crippen molar-refractivity contribution in [3.63, 3.8) is 0 Å². The van der Waals surface area contributed by atoms with Crippen LogP contribution in [0.2, 0.25) is 0 Å². The molecule has 2 aromatic carbocycles. The van der Waals surface area contributed by atoms with Gasteiger partial charge in [0.05, 0.1) is 20.4 Å². The number of fused-ring (bicyclic) bond motifs is 2. The fourth-order valence-electron chi connectivity index (χ4n) is 2.22. The molecule has 0 aliphatic carbocycles. The van der Waals surface area contributed by atoms with Crippen LogP contribution in [-0.4, -0.2) is 16.8 Å². The first-order valence-corrected chi connectivity index (χ1v) is 8.71. The van der Waals surface area contributed by atoms with Gasteiger partial charge < -0.3 is 0 Å². The van der Waals surface area contributed by atoms with E-state index in [1.807, 2.05) is 0 Å². The van der Waals surface area contributed by atoms with Gasteiger partial charge in [-0.2, -0.15) is 0 Å². The third-order valence-electron chi connectivity index (χ3n) is 3.08. The lowest BCUT2D eigenvalue weighted by Gasteiger charge is -2.06. The van der Waals surface area contributed by atoms with E-state index in [1.54, 1.807) is 12.1 Å². The maximum Gasteiger partial charge on any atom is 0.208 e.